The second kappa shape index (κ2) is 4.21. The van der Waals surface area contributed by atoms with Crippen LogP contribution in [0.4, 0.5) is 0 Å². The molecule has 1 atom stereocenters. The second-order valence-electron chi connectivity index (χ2n) is 5.65. The molecule has 0 N–H and O–H groups in total. The van der Waals surface area contributed by atoms with Crippen LogP contribution >= 0.6 is 0 Å². The minimum atomic E-state index is 0.776. The summed E-state index contributed by atoms with van der Waals surface area (Å²) >= 11 is 0. The van der Waals surface area contributed by atoms with E-state index in [1.807, 2.05) is 0 Å². The molecule has 1 fully saturated rings. The number of nitrogens with zero attached hydrogens (tertiary/aromatic N) is 1. The summed E-state index contributed by atoms with van der Waals surface area (Å²) < 4.78 is 0. The van der Waals surface area contributed by atoms with Crippen molar-refractivity contribution in [3.63, 3.8) is 0 Å². The van der Waals surface area contributed by atoms with Crippen molar-refractivity contribution in [3.8, 4) is 0 Å². The highest BCUT2D eigenvalue weighted by Gasteiger charge is 2.25. The predicted octanol–water partition coefficient (Wildman–Crippen LogP) is 3.16. The molecule has 0 saturated carbocycles. The maximum atomic E-state index is 2.60. The summed E-state index contributed by atoms with van der Waals surface area (Å²) in [6.45, 7) is 6.26. The van der Waals surface area contributed by atoms with Crippen molar-refractivity contribution >= 4 is 0 Å². The molecule has 2 aliphatic carbocycles. The molecule has 3 aliphatic rings. The number of likely N-dealkylation sites (tertiary alicyclic amines) is 1. The Hall–Kier alpha value is -0.820. The smallest absolute Gasteiger partial charge is 0.00478 e. The highest BCUT2D eigenvalue weighted by Crippen LogP contribution is 2.32. The Morgan fingerprint density at radius 2 is 2.19 bits per heavy atom. The Kier molecular flexibility index (Phi) is 2.72. The Bertz CT molecular complexity index is 356. The highest BCUT2D eigenvalue weighted by molar-refractivity contribution is 5.41. The summed E-state index contributed by atoms with van der Waals surface area (Å²) in [5.41, 5.74) is 3.20. The number of hydrogen-bond acceptors (Lipinski definition) is 1. The minimum absolute atomic E-state index is 0.776. The molecular weight excluding hydrogens is 194 g/mol. The van der Waals surface area contributed by atoms with Gasteiger partial charge < -0.3 is 4.90 Å². The predicted molar refractivity (Wildman–Crippen MR) is 68.3 cm³/mol. The standard InChI is InChI=1S/C15H21N/c1-12-9-16(10-12)11-13-6-7-14-4-2-3-5-15(14)8-13/h2,4,6-7,12-13H,3,5,8-11H2,1H3. The Morgan fingerprint density at radius 3 is 3.00 bits per heavy atom. The molecule has 0 aromatic heterocycles. The van der Waals surface area contributed by atoms with E-state index in [0.717, 1.165) is 11.8 Å². The summed E-state index contributed by atoms with van der Waals surface area (Å²) in [6, 6.07) is 0. The zero-order valence-electron chi connectivity index (χ0n) is 10.2. The Balaban J connectivity index is 1.59. The van der Waals surface area contributed by atoms with Crippen LogP contribution in [0.3, 0.4) is 0 Å². The van der Waals surface area contributed by atoms with Gasteiger partial charge in [0.2, 0.25) is 0 Å². The molecule has 1 nitrogen and oxygen atoms in total. The molecule has 0 bridgehead atoms. The fourth-order valence-corrected chi connectivity index (χ4v) is 3.18. The van der Waals surface area contributed by atoms with E-state index in [1.165, 1.54) is 44.5 Å². The fourth-order valence-electron chi connectivity index (χ4n) is 3.18. The van der Waals surface area contributed by atoms with Crippen molar-refractivity contribution in [3.05, 3.63) is 35.5 Å². The van der Waals surface area contributed by atoms with Crippen LogP contribution < -0.4 is 0 Å². The second-order valence-corrected chi connectivity index (χ2v) is 5.65. The van der Waals surface area contributed by atoms with Gasteiger partial charge in [0.05, 0.1) is 0 Å². The third kappa shape index (κ3) is 2.01. The van der Waals surface area contributed by atoms with Crippen LogP contribution in [0.25, 0.3) is 0 Å². The van der Waals surface area contributed by atoms with Gasteiger partial charge in [0.15, 0.2) is 0 Å². The molecule has 86 valence electrons. The van der Waals surface area contributed by atoms with Gasteiger partial charge in [0, 0.05) is 19.6 Å². The van der Waals surface area contributed by atoms with Gasteiger partial charge in [-0.15, -0.1) is 0 Å². The van der Waals surface area contributed by atoms with E-state index in [1.54, 1.807) is 5.57 Å². The fraction of sp³-hybridized carbons (Fsp3) is 0.600. The maximum Gasteiger partial charge on any atom is 0.00478 e. The highest BCUT2D eigenvalue weighted by atomic mass is 15.2. The van der Waals surface area contributed by atoms with E-state index in [0.29, 0.717) is 0 Å². The lowest BCUT2D eigenvalue weighted by Crippen LogP contribution is -2.47. The lowest BCUT2D eigenvalue weighted by molar-refractivity contribution is 0.0998. The maximum absolute atomic E-state index is 2.60. The van der Waals surface area contributed by atoms with E-state index >= 15 is 0 Å². The van der Waals surface area contributed by atoms with E-state index in [-0.39, 0.29) is 0 Å². The van der Waals surface area contributed by atoms with Gasteiger partial charge in [-0.05, 0) is 36.7 Å². The van der Waals surface area contributed by atoms with Crippen LogP contribution in [-0.4, -0.2) is 24.5 Å². The first kappa shape index (κ1) is 10.3. The largest absolute Gasteiger partial charge is 0.302 e. The van der Waals surface area contributed by atoms with Crippen LogP contribution in [0.15, 0.2) is 35.5 Å². The molecule has 1 heteroatoms. The lowest BCUT2D eigenvalue weighted by atomic mass is 9.84. The van der Waals surface area contributed by atoms with E-state index in [9.17, 15) is 0 Å². The molecule has 3 rings (SSSR count). The molecular formula is C15H21N. The van der Waals surface area contributed by atoms with Gasteiger partial charge in [-0.2, -0.15) is 0 Å². The zero-order valence-corrected chi connectivity index (χ0v) is 10.2. The number of allylic oxidation sites excluding steroid dienone is 5. The Morgan fingerprint density at radius 1 is 1.31 bits per heavy atom. The summed E-state index contributed by atoms with van der Waals surface area (Å²) in [6.07, 6.45) is 13.2. The minimum Gasteiger partial charge on any atom is -0.302 e. The van der Waals surface area contributed by atoms with Crippen molar-refractivity contribution in [2.75, 3.05) is 19.6 Å². The number of rotatable bonds is 2. The molecule has 0 aromatic rings. The van der Waals surface area contributed by atoms with Gasteiger partial charge in [-0.1, -0.05) is 36.8 Å². The molecule has 1 saturated heterocycles. The van der Waals surface area contributed by atoms with Crippen LogP contribution in [0.5, 0.6) is 0 Å². The molecule has 0 amide bonds. The molecule has 0 radical (unpaired) electrons. The van der Waals surface area contributed by atoms with Gasteiger partial charge in [0.25, 0.3) is 0 Å². The van der Waals surface area contributed by atoms with Crippen LogP contribution in [-0.2, 0) is 0 Å². The van der Waals surface area contributed by atoms with Crippen molar-refractivity contribution < 1.29 is 0 Å². The Labute approximate surface area is 98.5 Å². The van der Waals surface area contributed by atoms with Gasteiger partial charge in [0.1, 0.15) is 0 Å². The average molecular weight is 215 g/mol. The van der Waals surface area contributed by atoms with Crippen molar-refractivity contribution in [1.29, 1.82) is 0 Å². The first-order valence-corrected chi connectivity index (χ1v) is 6.60. The number of hydrogen-bond donors (Lipinski definition) is 0. The topological polar surface area (TPSA) is 3.24 Å². The molecule has 0 spiro atoms. The van der Waals surface area contributed by atoms with Gasteiger partial charge in [-0.25, -0.2) is 0 Å². The summed E-state index contributed by atoms with van der Waals surface area (Å²) in [4.78, 5) is 2.60. The quantitative estimate of drug-likeness (QED) is 0.684. The third-order valence-corrected chi connectivity index (χ3v) is 4.01. The van der Waals surface area contributed by atoms with Crippen LogP contribution in [0, 0.1) is 11.8 Å². The molecule has 16 heavy (non-hydrogen) atoms. The van der Waals surface area contributed by atoms with E-state index in [4.69, 9.17) is 0 Å². The van der Waals surface area contributed by atoms with Crippen molar-refractivity contribution in [2.45, 2.75) is 26.2 Å². The average Bonchev–Trinajstić information content (AvgIpc) is 2.27. The van der Waals surface area contributed by atoms with Crippen molar-refractivity contribution in [2.24, 2.45) is 11.8 Å². The molecule has 1 unspecified atom stereocenters. The van der Waals surface area contributed by atoms with Crippen molar-refractivity contribution in [1.82, 2.24) is 4.90 Å². The SMILES string of the molecule is CC1CN(CC2C=CC3=C(CCC=C3)C2)C1. The zero-order chi connectivity index (χ0) is 11.0. The molecule has 1 aliphatic heterocycles. The van der Waals surface area contributed by atoms with E-state index in [2.05, 4.69) is 36.1 Å². The third-order valence-electron chi connectivity index (χ3n) is 4.01. The summed E-state index contributed by atoms with van der Waals surface area (Å²) in [5, 5.41) is 0. The summed E-state index contributed by atoms with van der Waals surface area (Å²) in [5.74, 6) is 1.71. The van der Waals surface area contributed by atoms with Crippen LogP contribution in [0.2, 0.25) is 0 Å². The lowest BCUT2D eigenvalue weighted by Gasteiger charge is -2.39. The normalized spacial score (nSPS) is 30.4. The molecule has 0 aromatic carbocycles. The monoisotopic (exact) mass is 215 g/mol. The van der Waals surface area contributed by atoms with Gasteiger partial charge in [-0.3, -0.25) is 0 Å². The first-order valence-electron chi connectivity index (χ1n) is 6.60. The van der Waals surface area contributed by atoms with Gasteiger partial charge >= 0.3 is 0 Å². The summed E-state index contributed by atoms with van der Waals surface area (Å²) in [7, 11) is 0. The van der Waals surface area contributed by atoms with E-state index < -0.39 is 0 Å². The van der Waals surface area contributed by atoms with Crippen LogP contribution in [0.1, 0.15) is 26.2 Å². The molecule has 1 heterocycles. The first-order chi connectivity index (χ1) is 7.81.